The van der Waals surface area contributed by atoms with E-state index in [1.165, 1.54) is 5.56 Å². The number of nitrogens with one attached hydrogen (secondary N) is 2. The largest absolute Gasteiger partial charge is 0.469 e. The summed E-state index contributed by atoms with van der Waals surface area (Å²) in [7, 11) is 0. The molecule has 0 unspecified atom stereocenters. The molecule has 2 aromatic rings. The van der Waals surface area contributed by atoms with Gasteiger partial charge in [-0.15, -0.1) is 24.0 Å². The van der Waals surface area contributed by atoms with Crippen molar-refractivity contribution in [3.8, 4) is 0 Å². The average molecular weight is 485 g/mol. The van der Waals surface area contributed by atoms with Crippen LogP contribution in [0.25, 0.3) is 0 Å². The fraction of sp³-hybridized carbons (Fsp3) is 0.450. The molecule has 1 aliphatic heterocycles. The van der Waals surface area contributed by atoms with Gasteiger partial charge in [0, 0.05) is 25.9 Å². The van der Waals surface area contributed by atoms with Gasteiger partial charge in [-0.3, -0.25) is 0 Å². The SMILES string of the molecule is CC1(CCNC(=NCc2ccccc2)NCCc2ccco2)OCCO1.I. The minimum Gasteiger partial charge on any atom is -0.469 e. The molecule has 0 saturated carbocycles. The molecule has 7 heteroatoms. The minimum absolute atomic E-state index is 0. The van der Waals surface area contributed by atoms with Crippen LogP contribution >= 0.6 is 24.0 Å². The van der Waals surface area contributed by atoms with Crippen molar-refractivity contribution < 1.29 is 13.9 Å². The second kappa shape index (κ2) is 11.3. The van der Waals surface area contributed by atoms with Crippen LogP contribution in [0.5, 0.6) is 0 Å². The standard InChI is InChI=1S/C20H27N3O3.HI/c1-20(25-14-15-26-20)10-12-22-19(21-11-9-18-8-5-13-24-18)23-16-17-6-3-2-4-7-17;/h2-8,13H,9-12,14-16H2,1H3,(H2,21,22,23);1H. The second-order valence-corrected chi connectivity index (χ2v) is 6.41. The molecule has 0 atom stereocenters. The van der Waals surface area contributed by atoms with Gasteiger partial charge in [0.1, 0.15) is 5.76 Å². The summed E-state index contributed by atoms with van der Waals surface area (Å²) in [5.41, 5.74) is 1.18. The number of hydrogen-bond donors (Lipinski definition) is 2. The van der Waals surface area contributed by atoms with E-state index in [1.807, 2.05) is 37.3 Å². The molecule has 2 heterocycles. The fourth-order valence-corrected chi connectivity index (χ4v) is 2.80. The molecule has 27 heavy (non-hydrogen) atoms. The Hall–Kier alpha value is -1.58. The highest BCUT2D eigenvalue weighted by Crippen LogP contribution is 2.21. The van der Waals surface area contributed by atoms with E-state index in [4.69, 9.17) is 13.9 Å². The number of benzene rings is 1. The van der Waals surface area contributed by atoms with Crippen LogP contribution in [-0.4, -0.2) is 38.0 Å². The Kier molecular flexibility index (Phi) is 9.09. The van der Waals surface area contributed by atoms with Gasteiger partial charge in [0.2, 0.25) is 0 Å². The minimum atomic E-state index is -0.494. The Morgan fingerprint density at radius 1 is 1.04 bits per heavy atom. The van der Waals surface area contributed by atoms with Crippen molar-refractivity contribution in [2.24, 2.45) is 4.99 Å². The van der Waals surface area contributed by atoms with Crippen molar-refractivity contribution in [2.75, 3.05) is 26.3 Å². The molecule has 0 amide bonds. The summed E-state index contributed by atoms with van der Waals surface area (Å²) in [4.78, 5) is 4.68. The monoisotopic (exact) mass is 485 g/mol. The Labute approximate surface area is 177 Å². The molecule has 148 valence electrons. The van der Waals surface area contributed by atoms with E-state index < -0.39 is 5.79 Å². The Balaban J connectivity index is 0.00000261. The summed E-state index contributed by atoms with van der Waals surface area (Å²) < 4.78 is 16.7. The predicted octanol–water partition coefficient (Wildman–Crippen LogP) is 3.33. The molecule has 1 aromatic carbocycles. The molecule has 0 bridgehead atoms. The third kappa shape index (κ3) is 7.51. The average Bonchev–Trinajstić information content (AvgIpc) is 3.32. The number of halogens is 1. The molecule has 1 fully saturated rings. The van der Waals surface area contributed by atoms with Crippen LogP contribution in [0.2, 0.25) is 0 Å². The highest BCUT2D eigenvalue weighted by atomic mass is 127. The van der Waals surface area contributed by atoms with Crippen LogP contribution in [0, 0.1) is 0 Å². The molecule has 1 saturated heterocycles. The van der Waals surface area contributed by atoms with Gasteiger partial charge in [-0.2, -0.15) is 0 Å². The van der Waals surface area contributed by atoms with Crippen LogP contribution in [-0.2, 0) is 22.4 Å². The van der Waals surface area contributed by atoms with Gasteiger partial charge in [0.05, 0.1) is 26.0 Å². The second-order valence-electron chi connectivity index (χ2n) is 6.41. The first kappa shape index (κ1) is 21.7. The Morgan fingerprint density at radius 3 is 2.48 bits per heavy atom. The summed E-state index contributed by atoms with van der Waals surface area (Å²) in [6.07, 6.45) is 3.26. The van der Waals surface area contributed by atoms with Crippen molar-refractivity contribution in [3.63, 3.8) is 0 Å². The summed E-state index contributed by atoms with van der Waals surface area (Å²) in [5, 5.41) is 6.73. The van der Waals surface area contributed by atoms with Crippen molar-refractivity contribution in [2.45, 2.75) is 32.1 Å². The van der Waals surface area contributed by atoms with Gasteiger partial charge in [-0.1, -0.05) is 30.3 Å². The van der Waals surface area contributed by atoms with Crippen LogP contribution in [0.3, 0.4) is 0 Å². The van der Waals surface area contributed by atoms with Gasteiger partial charge in [-0.25, -0.2) is 4.99 Å². The predicted molar refractivity (Wildman–Crippen MR) is 116 cm³/mol. The molecule has 3 rings (SSSR count). The number of hydrogen-bond acceptors (Lipinski definition) is 4. The third-order valence-corrected chi connectivity index (χ3v) is 4.28. The molecule has 0 spiro atoms. The molecule has 1 aromatic heterocycles. The third-order valence-electron chi connectivity index (χ3n) is 4.28. The van der Waals surface area contributed by atoms with Gasteiger partial charge in [0.15, 0.2) is 11.7 Å². The molecule has 0 aliphatic carbocycles. The van der Waals surface area contributed by atoms with E-state index in [0.29, 0.717) is 19.8 Å². The number of aliphatic imine (C=N–C) groups is 1. The zero-order valence-electron chi connectivity index (χ0n) is 15.6. The van der Waals surface area contributed by atoms with Gasteiger partial charge < -0.3 is 24.5 Å². The molecular weight excluding hydrogens is 457 g/mol. The maximum atomic E-state index is 5.65. The summed E-state index contributed by atoms with van der Waals surface area (Å²) in [5.74, 6) is 1.24. The summed E-state index contributed by atoms with van der Waals surface area (Å²) in [6, 6.07) is 14.1. The number of furan rings is 1. The van der Waals surface area contributed by atoms with Crippen LogP contribution < -0.4 is 10.6 Å². The van der Waals surface area contributed by atoms with Crippen molar-refractivity contribution in [3.05, 3.63) is 60.1 Å². The number of rotatable bonds is 8. The van der Waals surface area contributed by atoms with Crippen LogP contribution in [0.15, 0.2) is 58.1 Å². The molecular formula is C20H28IN3O3. The number of ether oxygens (including phenoxy) is 2. The van der Waals surface area contributed by atoms with E-state index in [2.05, 4.69) is 27.8 Å². The highest BCUT2D eigenvalue weighted by Gasteiger charge is 2.30. The van der Waals surface area contributed by atoms with Gasteiger partial charge in [-0.05, 0) is 24.6 Å². The Morgan fingerprint density at radius 2 is 1.78 bits per heavy atom. The lowest BCUT2D eigenvalue weighted by Crippen LogP contribution is -2.41. The highest BCUT2D eigenvalue weighted by molar-refractivity contribution is 14.0. The smallest absolute Gasteiger partial charge is 0.191 e. The summed E-state index contributed by atoms with van der Waals surface area (Å²) in [6.45, 7) is 5.39. The zero-order valence-corrected chi connectivity index (χ0v) is 18.0. The lowest BCUT2D eigenvalue weighted by molar-refractivity contribution is -0.145. The molecule has 2 N–H and O–H groups in total. The number of nitrogens with zero attached hydrogens (tertiary/aromatic N) is 1. The van der Waals surface area contributed by atoms with Crippen LogP contribution in [0.1, 0.15) is 24.7 Å². The first-order valence-electron chi connectivity index (χ1n) is 9.10. The van der Waals surface area contributed by atoms with E-state index >= 15 is 0 Å². The lowest BCUT2D eigenvalue weighted by atomic mass is 10.2. The van der Waals surface area contributed by atoms with Gasteiger partial charge in [0.25, 0.3) is 0 Å². The first-order chi connectivity index (χ1) is 12.7. The fourth-order valence-electron chi connectivity index (χ4n) is 2.80. The normalized spacial score (nSPS) is 16.0. The quantitative estimate of drug-likeness (QED) is 0.341. The van der Waals surface area contributed by atoms with Crippen molar-refractivity contribution in [1.29, 1.82) is 0 Å². The van der Waals surface area contributed by atoms with Crippen molar-refractivity contribution >= 4 is 29.9 Å². The van der Waals surface area contributed by atoms with Crippen molar-refractivity contribution in [1.82, 2.24) is 10.6 Å². The van der Waals surface area contributed by atoms with E-state index in [-0.39, 0.29) is 24.0 Å². The maximum absolute atomic E-state index is 5.65. The van der Waals surface area contributed by atoms with E-state index in [9.17, 15) is 0 Å². The zero-order chi connectivity index (χ0) is 18.1. The molecule has 0 radical (unpaired) electrons. The van der Waals surface area contributed by atoms with Crippen LogP contribution in [0.4, 0.5) is 0 Å². The summed E-state index contributed by atoms with van der Waals surface area (Å²) >= 11 is 0. The first-order valence-corrected chi connectivity index (χ1v) is 9.10. The maximum Gasteiger partial charge on any atom is 0.191 e. The topological polar surface area (TPSA) is 68.0 Å². The number of guanidine groups is 1. The lowest BCUT2D eigenvalue weighted by Gasteiger charge is -2.23. The van der Waals surface area contributed by atoms with E-state index in [1.54, 1.807) is 6.26 Å². The van der Waals surface area contributed by atoms with E-state index in [0.717, 1.165) is 37.7 Å². The molecule has 6 nitrogen and oxygen atoms in total. The molecule has 1 aliphatic rings. The van der Waals surface area contributed by atoms with Gasteiger partial charge >= 0.3 is 0 Å². The Bertz CT molecular complexity index is 671.